The summed E-state index contributed by atoms with van der Waals surface area (Å²) >= 11 is 18.4. The topological polar surface area (TPSA) is 78.5 Å². The molecule has 17 heteroatoms. The van der Waals surface area contributed by atoms with Crippen LogP contribution < -0.4 is 15.5 Å². The molecule has 1 aliphatic rings. The molecule has 0 bridgehead atoms. The third-order valence-corrected chi connectivity index (χ3v) is 7.91. The van der Waals surface area contributed by atoms with E-state index in [1.807, 2.05) is 0 Å². The van der Waals surface area contributed by atoms with Crippen molar-refractivity contribution < 1.29 is 49.5 Å². The Balaban J connectivity index is 1.54. The van der Waals surface area contributed by atoms with Gasteiger partial charge in [-0.05, 0) is 48.0 Å². The van der Waals surface area contributed by atoms with Crippen molar-refractivity contribution in [2.24, 2.45) is 5.92 Å². The molecule has 6 nitrogen and oxygen atoms in total. The van der Waals surface area contributed by atoms with Gasteiger partial charge in [-0.2, -0.15) is 22.0 Å². The van der Waals surface area contributed by atoms with E-state index in [0.717, 1.165) is 24.3 Å². The van der Waals surface area contributed by atoms with Crippen LogP contribution in [0.1, 0.15) is 27.4 Å². The molecule has 2 atom stereocenters. The zero-order valence-electron chi connectivity index (χ0n) is 21.7. The first-order valence-corrected chi connectivity index (χ1v) is 13.2. The van der Waals surface area contributed by atoms with Gasteiger partial charge in [0.1, 0.15) is 21.7 Å². The van der Waals surface area contributed by atoms with Gasteiger partial charge in [0.2, 0.25) is 5.91 Å². The van der Waals surface area contributed by atoms with E-state index in [9.17, 15) is 45.1 Å². The maximum atomic E-state index is 15.0. The van der Waals surface area contributed by atoms with Crippen molar-refractivity contribution in [3.05, 3.63) is 87.7 Å². The summed E-state index contributed by atoms with van der Waals surface area (Å²) in [6.07, 6.45) is -8.60. The van der Waals surface area contributed by atoms with Crippen LogP contribution in [0, 0.1) is 23.4 Å². The summed E-state index contributed by atoms with van der Waals surface area (Å²) in [4.78, 5) is 37.5. The molecule has 3 aromatic rings. The highest BCUT2D eigenvalue weighted by molar-refractivity contribution is 6.53. The molecule has 0 saturated heterocycles. The molecule has 0 spiro atoms. The van der Waals surface area contributed by atoms with Crippen LogP contribution in [0.3, 0.4) is 0 Å². The van der Waals surface area contributed by atoms with E-state index in [1.165, 1.54) is 6.07 Å². The van der Waals surface area contributed by atoms with E-state index in [-0.39, 0.29) is 26.7 Å². The molecule has 3 amide bonds. The Morgan fingerprint density at radius 2 is 1.57 bits per heavy atom. The number of nitrogens with one attached hydrogen (secondary N) is 2. The fourth-order valence-electron chi connectivity index (χ4n) is 4.41. The predicted molar refractivity (Wildman–Crippen MR) is 146 cm³/mol. The van der Waals surface area contributed by atoms with Crippen molar-refractivity contribution in [1.29, 1.82) is 0 Å². The molecule has 44 heavy (non-hydrogen) atoms. The van der Waals surface area contributed by atoms with Gasteiger partial charge in [0.05, 0.1) is 27.8 Å². The van der Waals surface area contributed by atoms with E-state index >= 15 is 4.39 Å². The minimum Gasteiger partial charge on any atom is -0.326 e. The van der Waals surface area contributed by atoms with Gasteiger partial charge >= 0.3 is 12.6 Å². The minimum absolute atomic E-state index is 0.0446. The van der Waals surface area contributed by atoms with E-state index < -0.39 is 80.9 Å². The highest BCUT2D eigenvalue weighted by Gasteiger charge is 2.67. The number of alkyl halides is 7. The third-order valence-electron chi connectivity index (χ3n) is 6.64. The Bertz CT molecular complexity index is 1670. The zero-order valence-corrected chi connectivity index (χ0v) is 23.9. The Morgan fingerprint density at radius 3 is 2.18 bits per heavy atom. The van der Waals surface area contributed by atoms with E-state index in [1.54, 1.807) is 0 Å². The first kappa shape index (κ1) is 33.3. The lowest BCUT2D eigenvalue weighted by atomic mass is 10.0. The first-order valence-electron chi connectivity index (χ1n) is 12.1. The van der Waals surface area contributed by atoms with Gasteiger partial charge in [-0.15, -0.1) is 23.2 Å². The number of benzene rings is 3. The molecular formula is C27H16Cl3F8N3O3. The van der Waals surface area contributed by atoms with Crippen LogP contribution in [0.25, 0.3) is 0 Å². The van der Waals surface area contributed by atoms with Crippen molar-refractivity contribution in [2.45, 2.75) is 22.9 Å². The number of carbonyl (C=O) groups excluding carboxylic acids is 3. The van der Waals surface area contributed by atoms with Crippen LogP contribution in [0.15, 0.2) is 48.5 Å². The summed E-state index contributed by atoms with van der Waals surface area (Å²) in [5.41, 5.74) is -4.05. The largest absolute Gasteiger partial charge is 0.419 e. The fraction of sp³-hybridized carbons (Fsp3) is 0.222. The second-order valence-electron chi connectivity index (χ2n) is 9.46. The lowest BCUT2D eigenvalue weighted by Gasteiger charge is -2.20. The smallest absolute Gasteiger partial charge is 0.326 e. The Kier molecular flexibility index (Phi) is 9.11. The third kappa shape index (κ3) is 6.42. The number of rotatable bonds is 7. The van der Waals surface area contributed by atoms with Crippen LogP contribution in [-0.4, -0.2) is 35.5 Å². The van der Waals surface area contributed by atoms with Crippen molar-refractivity contribution in [3.8, 4) is 0 Å². The standard InChI is InChI=1S/C27H16Cl3F8N3O3/c1-41(25(44)22(34)35)21-16(32)6-7-17(20(21)33)40-23(42)12-9-11(3-4-14(12)28)39-24(43)19-18(26(19,29)30)10-2-5-15(31)13(8-10)27(36,37)38/h2-9,18-19,22H,1H3,(H,39,43)(H,40,42)/t18-,19+/m0/s1. The number of hydrogen-bond acceptors (Lipinski definition) is 3. The number of amides is 3. The lowest BCUT2D eigenvalue weighted by molar-refractivity contribution is -0.140. The summed E-state index contributed by atoms with van der Waals surface area (Å²) in [7, 11) is 0.705. The van der Waals surface area contributed by atoms with Crippen LogP contribution in [0.2, 0.25) is 5.02 Å². The minimum atomic E-state index is -5.02. The van der Waals surface area contributed by atoms with E-state index in [0.29, 0.717) is 25.2 Å². The summed E-state index contributed by atoms with van der Waals surface area (Å²) in [5.74, 6) is -10.8. The normalized spacial score (nSPS) is 17.3. The average molecular weight is 689 g/mol. The molecule has 1 saturated carbocycles. The van der Waals surface area contributed by atoms with Crippen molar-refractivity contribution in [3.63, 3.8) is 0 Å². The lowest BCUT2D eigenvalue weighted by Crippen LogP contribution is -2.33. The Hall–Kier alpha value is -3.62. The van der Waals surface area contributed by atoms with Gasteiger partial charge < -0.3 is 15.5 Å². The summed E-state index contributed by atoms with van der Waals surface area (Å²) < 4.78 is 106. The van der Waals surface area contributed by atoms with Crippen LogP contribution in [-0.2, 0) is 15.8 Å². The molecule has 0 heterocycles. The molecule has 3 aromatic carbocycles. The molecule has 2 N–H and O–H groups in total. The number of nitrogens with zero attached hydrogens (tertiary/aromatic N) is 1. The van der Waals surface area contributed by atoms with Gasteiger partial charge in [-0.1, -0.05) is 17.7 Å². The number of carbonyl (C=O) groups is 3. The predicted octanol–water partition coefficient (Wildman–Crippen LogP) is 7.78. The number of anilines is 3. The van der Waals surface area contributed by atoms with Gasteiger partial charge in [-0.25, -0.2) is 13.2 Å². The number of hydrogen-bond donors (Lipinski definition) is 2. The highest BCUT2D eigenvalue weighted by atomic mass is 35.5. The van der Waals surface area contributed by atoms with Gasteiger partial charge in [0, 0.05) is 18.7 Å². The van der Waals surface area contributed by atoms with Crippen molar-refractivity contribution in [1.82, 2.24) is 0 Å². The fourth-order valence-corrected chi connectivity index (χ4v) is 5.44. The maximum Gasteiger partial charge on any atom is 0.419 e. The quantitative estimate of drug-likeness (QED) is 0.197. The summed E-state index contributed by atoms with van der Waals surface area (Å²) in [6, 6.07) is 6.89. The molecule has 0 aromatic heterocycles. The second kappa shape index (κ2) is 12.1. The first-order chi connectivity index (χ1) is 20.4. The maximum absolute atomic E-state index is 15.0. The number of halogens is 11. The second-order valence-corrected chi connectivity index (χ2v) is 11.3. The van der Waals surface area contributed by atoms with Gasteiger partial charge in [0.25, 0.3) is 11.8 Å². The van der Waals surface area contributed by atoms with Crippen LogP contribution in [0.4, 0.5) is 52.2 Å². The molecular weight excluding hydrogens is 673 g/mol. The molecule has 0 unspecified atom stereocenters. The van der Waals surface area contributed by atoms with Crippen LogP contribution >= 0.6 is 34.8 Å². The summed E-state index contributed by atoms with van der Waals surface area (Å²) in [6.45, 7) is 0. The Labute approximate surface area is 257 Å². The SMILES string of the molecule is CN(C(=O)C(F)F)c1c(F)ccc(NC(=O)c2cc(NC(=O)[C@H]3[C@H](c4ccc(F)c(C(F)(F)F)c4)C3(Cl)Cl)ccc2Cl)c1F. The molecule has 1 aliphatic carbocycles. The monoisotopic (exact) mass is 687 g/mol. The molecule has 4 rings (SSSR count). The summed E-state index contributed by atoms with van der Waals surface area (Å²) in [5, 5.41) is 4.24. The zero-order chi connectivity index (χ0) is 32.9. The van der Waals surface area contributed by atoms with Crippen LogP contribution in [0.5, 0.6) is 0 Å². The molecule has 0 radical (unpaired) electrons. The van der Waals surface area contributed by atoms with Crippen molar-refractivity contribution >= 4 is 69.6 Å². The average Bonchev–Trinajstić information content (AvgIpc) is 3.51. The molecule has 234 valence electrons. The Morgan fingerprint density at radius 1 is 0.932 bits per heavy atom. The van der Waals surface area contributed by atoms with E-state index in [2.05, 4.69) is 10.6 Å². The van der Waals surface area contributed by atoms with E-state index in [4.69, 9.17) is 34.8 Å². The molecule has 1 fully saturated rings. The highest BCUT2D eigenvalue weighted by Crippen LogP contribution is 2.65. The van der Waals surface area contributed by atoms with Gasteiger partial charge in [-0.3, -0.25) is 14.4 Å². The van der Waals surface area contributed by atoms with Crippen molar-refractivity contribution in [2.75, 3.05) is 22.6 Å². The molecule has 0 aliphatic heterocycles. The van der Waals surface area contributed by atoms with Gasteiger partial charge in [0.15, 0.2) is 5.82 Å².